The van der Waals surface area contributed by atoms with Crippen molar-refractivity contribution in [2.24, 2.45) is 0 Å². The van der Waals surface area contributed by atoms with Crippen LogP contribution >= 0.6 is 11.6 Å². The standard InChI is InChI=1S/C30H36ClN3O5S/c1-21(2)32-30(36)27(17-23-11-7-6-8-12-23)33(19-24-13-9-10-22(3)16-24)29(35)20-34(40(5,37)38)26-18-25(31)14-15-28(26)39-4/h6-16,18,21,27H,17,19-20H2,1-5H3,(H,32,36)/t27-/m1/s1. The number of hydrogen-bond acceptors (Lipinski definition) is 5. The van der Waals surface area contributed by atoms with Crippen LogP contribution in [0.1, 0.15) is 30.5 Å². The van der Waals surface area contributed by atoms with Crippen molar-refractivity contribution in [1.29, 1.82) is 0 Å². The zero-order valence-electron chi connectivity index (χ0n) is 23.4. The zero-order valence-corrected chi connectivity index (χ0v) is 25.0. The Labute approximate surface area is 241 Å². The number of sulfonamides is 1. The minimum Gasteiger partial charge on any atom is -0.495 e. The summed E-state index contributed by atoms with van der Waals surface area (Å²) in [7, 11) is -2.54. The van der Waals surface area contributed by atoms with Gasteiger partial charge in [0.1, 0.15) is 18.3 Å². The first kappa shape index (κ1) is 31.0. The van der Waals surface area contributed by atoms with Gasteiger partial charge in [0.05, 0.1) is 19.1 Å². The van der Waals surface area contributed by atoms with Crippen molar-refractivity contribution in [1.82, 2.24) is 10.2 Å². The number of hydrogen-bond donors (Lipinski definition) is 1. The van der Waals surface area contributed by atoms with Crippen molar-refractivity contribution in [2.45, 2.75) is 45.8 Å². The first-order valence-corrected chi connectivity index (χ1v) is 15.1. The SMILES string of the molecule is COc1ccc(Cl)cc1N(CC(=O)N(Cc1cccc(C)c1)[C@H](Cc1ccccc1)C(=O)NC(C)C)S(C)(=O)=O. The third kappa shape index (κ3) is 8.47. The van der Waals surface area contributed by atoms with E-state index in [0.29, 0.717) is 0 Å². The van der Waals surface area contributed by atoms with Gasteiger partial charge >= 0.3 is 0 Å². The number of aryl methyl sites for hydroxylation is 1. The molecule has 0 saturated heterocycles. The van der Waals surface area contributed by atoms with Crippen LogP contribution in [0.15, 0.2) is 72.8 Å². The molecule has 0 heterocycles. The van der Waals surface area contributed by atoms with Crippen molar-refractivity contribution in [3.8, 4) is 5.75 Å². The average molecular weight is 586 g/mol. The number of halogens is 1. The Hall–Kier alpha value is -3.56. The molecule has 2 amide bonds. The smallest absolute Gasteiger partial charge is 0.244 e. The lowest BCUT2D eigenvalue weighted by Crippen LogP contribution is -2.54. The van der Waals surface area contributed by atoms with Gasteiger partial charge in [0, 0.05) is 24.0 Å². The fourth-order valence-electron chi connectivity index (χ4n) is 4.39. The van der Waals surface area contributed by atoms with Crippen LogP contribution in [-0.2, 0) is 32.6 Å². The fraction of sp³-hybridized carbons (Fsp3) is 0.333. The molecule has 0 saturated carbocycles. The maximum atomic E-state index is 14.1. The van der Waals surface area contributed by atoms with Gasteiger partial charge in [-0.15, -0.1) is 0 Å². The molecule has 0 aliphatic rings. The van der Waals surface area contributed by atoms with Gasteiger partial charge in [0.2, 0.25) is 21.8 Å². The lowest BCUT2D eigenvalue weighted by atomic mass is 10.0. The second-order valence-electron chi connectivity index (χ2n) is 9.97. The van der Waals surface area contributed by atoms with Gasteiger partial charge in [-0.05, 0) is 50.1 Å². The summed E-state index contributed by atoms with van der Waals surface area (Å²) in [6.07, 6.45) is 1.26. The van der Waals surface area contributed by atoms with Gasteiger partial charge in [-0.25, -0.2) is 8.42 Å². The maximum absolute atomic E-state index is 14.1. The lowest BCUT2D eigenvalue weighted by molar-refractivity contribution is -0.140. The summed E-state index contributed by atoms with van der Waals surface area (Å²) in [5.74, 6) is -0.633. The molecular weight excluding hydrogens is 550 g/mol. The van der Waals surface area contributed by atoms with E-state index in [1.54, 1.807) is 12.1 Å². The van der Waals surface area contributed by atoms with E-state index >= 15 is 0 Å². The summed E-state index contributed by atoms with van der Waals surface area (Å²) in [5.41, 5.74) is 2.81. The van der Waals surface area contributed by atoms with E-state index in [1.807, 2.05) is 75.4 Å². The molecule has 0 radical (unpaired) electrons. The normalized spacial score (nSPS) is 12.1. The van der Waals surface area contributed by atoms with Crippen molar-refractivity contribution in [3.05, 3.63) is 94.5 Å². The Bertz CT molecular complexity index is 1430. The zero-order chi connectivity index (χ0) is 29.4. The minimum atomic E-state index is -3.95. The summed E-state index contributed by atoms with van der Waals surface area (Å²) in [6, 6.07) is 20.5. The van der Waals surface area contributed by atoms with Gasteiger partial charge in [0.25, 0.3) is 0 Å². The molecular formula is C30H36ClN3O5S. The van der Waals surface area contributed by atoms with Crippen LogP contribution in [0.3, 0.4) is 0 Å². The highest BCUT2D eigenvalue weighted by Crippen LogP contribution is 2.33. The van der Waals surface area contributed by atoms with Gasteiger partial charge < -0.3 is 15.0 Å². The van der Waals surface area contributed by atoms with Crippen LogP contribution in [-0.4, -0.2) is 57.1 Å². The number of nitrogens with zero attached hydrogens (tertiary/aromatic N) is 2. The van der Waals surface area contributed by atoms with Crippen LogP contribution in [0, 0.1) is 6.92 Å². The Morgan fingerprint density at radius 3 is 2.25 bits per heavy atom. The summed E-state index contributed by atoms with van der Waals surface area (Å²) in [6.45, 7) is 5.19. The van der Waals surface area contributed by atoms with E-state index in [-0.39, 0.29) is 41.4 Å². The summed E-state index contributed by atoms with van der Waals surface area (Å²) in [5, 5.41) is 3.22. The number of rotatable bonds is 12. The van der Waals surface area contributed by atoms with Gasteiger partial charge in [-0.1, -0.05) is 71.8 Å². The highest BCUT2D eigenvalue weighted by atomic mass is 35.5. The molecule has 0 aromatic heterocycles. The summed E-state index contributed by atoms with van der Waals surface area (Å²) in [4.78, 5) is 29.2. The fourth-order valence-corrected chi connectivity index (χ4v) is 5.41. The molecule has 0 aliphatic heterocycles. The Morgan fingerprint density at radius 1 is 0.975 bits per heavy atom. The molecule has 214 valence electrons. The molecule has 1 atom stereocenters. The highest BCUT2D eigenvalue weighted by Gasteiger charge is 2.34. The Morgan fingerprint density at radius 2 is 1.65 bits per heavy atom. The number of nitrogens with one attached hydrogen (secondary N) is 1. The van der Waals surface area contributed by atoms with E-state index in [2.05, 4.69) is 5.32 Å². The van der Waals surface area contributed by atoms with E-state index in [4.69, 9.17) is 16.3 Å². The maximum Gasteiger partial charge on any atom is 0.244 e. The predicted octanol–water partition coefficient (Wildman–Crippen LogP) is 4.59. The first-order chi connectivity index (χ1) is 18.9. The quantitative estimate of drug-likeness (QED) is 0.335. The average Bonchev–Trinajstić information content (AvgIpc) is 2.88. The molecule has 0 bridgehead atoms. The Balaban J connectivity index is 2.10. The number of anilines is 1. The number of carbonyl (C=O) groups excluding carboxylic acids is 2. The van der Waals surface area contributed by atoms with Gasteiger partial charge in [-0.3, -0.25) is 13.9 Å². The molecule has 0 fully saturated rings. The second-order valence-corrected chi connectivity index (χ2v) is 12.3. The van der Waals surface area contributed by atoms with Crippen LogP contribution in [0.5, 0.6) is 5.75 Å². The van der Waals surface area contributed by atoms with E-state index in [9.17, 15) is 18.0 Å². The highest BCUT2D eigenvalue weighted by molar-refractivity contribution is 7.92. The van der Waals surface area contributed by atoms with E-state index < -0.39 is 28.5 Å². The number of ether oxygens (including phenoxy) is 1. The topological polar surface area (TPSA) is 96.0 Å². The summed E-state index contributed by atoms with van der Waals surface area (Å²) < 4.78 is 32.3. The molecule has 3 rings (SSSR count). The Kier molecular flexibility index (Phi) is 10.6. The number of carbonyl (C=O) groups is 2. The van der Waals surface area contributed by atoms with Crippen molar-refractivity contribution < 1.29 is 22.7 Å². The molecule has 10 heteroatoms. The number of amides is 2. The molecule has 0 spiro atoms. The van der Waals surface area contributed by atoms with Crippen LogP contribution in [0.25, 0.3) is 0 Å². The molecule has 3 aromatic rings. The van der Waals surface area contributed by atoms with Gasteiger partial charge in [-0.2, -0.15) is 0 Å². The molecule has 0 unspecified atom stereocenters. The van der Waals surface area contributed by atoms with Gasteiger partial charge in [0.15, 0.2) is 0 Å². The lowest BCUT2D eigenvalue weighted by Gasteiger charge is -2.34. The monoisotopic (exact) mass is 585 g/mol. The van der Waals surface area contributed by atoms with Crippen molar-refractivity contribution in [2.75, 3.05) is 24.2 Å². The predicted molar refractivity (Wildman–Crippen MR) is 159 cm³/mol. The van der Waals surface area contributed by atoms with Crippen molar-refractivity contribution in [3.63, 3.8) is 0 Å². The molecule has 3 aromatic carbocycles. The van der Waals surface area contributed by atoms with E-state index in [0.717, 1.165) is 27.3 Å². The molecule has 40 heavy (non-hydrogen) atoms. The molecule has 1 N–H and O–H groups in total. The molecule has 0 aliphatic carbocycles. The number of benzene rings is 3. The van der Waals surface area contributed by atoms with Crippen LogP contribution in [0.4, 0.5) is 5.69 Å². The minimum absolute atomic E-state index is 0.105. The molecule has 8 nitrogen and oxygen atoms in total. The first-order valence-electron chi connectivity index (χ1n) is 12.9. The van der Waals surface area contributed by atoms with Crippen LogP contribution < -0.4 is 14.4 Å². The second kappa shape index (κ2) is 13.7. The van der Waals surface area contributed by atoms with Crippen LogP contribution in [0.2, 0.25) is 5.02 Å². The van der Waals surface area contributed by atoms with E-state index in [1.165, 1.54) is 18.1 Å². The van der Waals surface area contributed by atoms with Crippen molar-refractivity contribution >= 4 is 39.1 Å². The number of methoxy groups -OCH3 is 1. The third-order valence-electron chi connectivity index (χ3n) is 6.23. The third-order valence-corrected chi connectivity index (χ3v) is 7.59. The summed E-state index contributed by atoms with van der Waals surface area (Å²) >= 11 is 6.19. The largest absolute Gasteiger partial charge is 0.495 e.